The van der Waals surface area contributed by atoms with Crippen molar-refractivity contribution in [3.63, 3.8) is 0 Å². The van der Waals surface area contributed by atoms with Crippen molar-refractivity contribution in [2.45, 2.75) is 0 Å². The van der Waals surface area contributed by atoms with Crippen molar-refractivity contribution < 1.29 is 19.0 Å². The molecule has 1 amide bonds. The summed E-state index contributed by atoms with van der Waals surface area (Å²) in [6.07, 6.45) is 0.555. The van der Waals surface area contributed by atoms with E-state index in [2.05, 4.69) is 15.2 Å². The van der Waals surface area contributed by atoms with Crippen molar-refractivity contribution in [2.75, 3.05) is 13.4 Å². The second-order valence-electron chi connectivity index (χ2n) is 1.62. The number of nitrogens with two attached hydrogens (primary N) is 1. The van der Waals surface area contributed by atoms with Crippen molar-refractivity contribution in [1.29, 1.82) is 0 Å². The van der Waals surface area contributed by atoms with Gasteiger partial charge in [-0.15, -0.1) is 0 Å². The number of carbonyl (C=O) groups excluding carboxylic acids is 1. The predicted molar refractivity (Wildman–Crippen MR) is 30.7 cm³/mol. The highest BCUT2D eigenvalue weighted by Crippen LogP contribution is 2.05. The smallest absolute Gasteiger partial charge is 0.404 e. The molecule has 0 bridgehead atoms. The van der Waals surface area contributed by atoms with Crippen molar-refractivity contribution in [2.24, 2.45) is 5.73 Å². The van der Waals surface area contributed by atoms with E-state index >= 15 is 0 Å². The lowest BCUT2D eigenvalue weighted by molar-refractivity contribution is 0.0653. The summed E-state index contributed by atoms with van der Waals surface area (Å²) >= 11 is 0. The van der Waals surface area contributed by atoms with Crippen LogP contribution in [0.25, 0.3) is 0 Å². The van der Waals surface area contributed by atoms with Gasteiger partial charge in [-0.3, -0.25) is 0 Å². The van der Waals surface area contributed by atoms with Crippen LogP contribution in [-0.2, 0) is 14.2 Å². The Hall–Kier alpha value is -1.39. The van der Waals surface area contributed by atoms with E-state index in [0.717, 1.165) is 0 Å². The largest absolute Gasteiger partial charge is 0.461 e. The lowest BCUT2D eigenvalue weighted by Crippen LogP contribution is -2.14. The number of hydrogen-bond donors (Lipinski definition) is 1. The molecular weight excluding hydrogens is 138 g/mol. The van der Waals surface area contributed by atoms with E-state index in [0.29, 0.717) is 5.76 Å². The molecule has 0 aromatic rings. The minimum atomic E-state index is -0.823. The minimum Gasteiger partial charge on any atom is -0.461 e. The summed E-state index contributed by atoms with van der Waals surface area (Å²) in [6.45, 7) is 0.215. The van der Waals surface area contributed by atoms with Gasteiger partial charge >= 0.3 is 6.09 Å². The lowest BCUT2D eigenvalue weighted by atomic mass is 10.6. The monoisotopic (exact) mass is 145 g/mol. The Balaban J connectivity index is 2.19. The van der Waals surface area contributed by atoms with Crippen LogP contribution in [0.15, 0.2) is 12.0 Å². The van der Waals surface area contributed by atoms with E-state index in [-0.39, 0.29) is 13.4 Å². The zero-order valence-corrected chi connectivity index (χ0v) is 5.20. The maximum absolute atomic E-state index is 10.0. The van der Waals surface area contributed by atoms with E-state index in [1.54, 1.807) is 0 Å². The molecule has 56 valence electrons. The SMILES string of the molecule is NC(=O)OCC1=COCO1. The average Bonchev–Trinajstić information content (AvgIpc) is 2.34. The van der Waals surface area contributed by atoms with E-state index in [4.69, 9.17) is 4.74 Å². The van der Waals surface area contributed by atoms with Gasteiger partial charge in [0, 0.05) is 0 Å². The first-order valence-corrected chi connectivity index (χ1v) is 2.65. The number of ether oxygens (including phenoxy) is 3. The third-order valence-electron chi connectivity index (χ3n) is 0.884. The van der Waals surface area contributed by atoms with Crippen LogP contribution in [0.3, 0.4) is 0 Å². The van der Waals surface area contributed by atoms with Crippen molar-refractivity contribution >= 4 is 6.09 Å². The fourth-order valence-electron chi connectivity index (χ4n) is 0.489. The van der Waals surface area contributed by atoms with E-state index in [9.17, 15) is 4.79 Å². The van der Waals surface area contributed by atoms with E-state index in [1.165, 1.54) is 6.26 Å². The Labute approximate surface area is 57.3 Å². The fraction of sp³-hybridized carbons (Fsp3) is 0.400. The molecule has 1 aliphatic rings. The average molecular weight is 145 g/mol. The molecule has 0 aliphatic carbocycles. The van der Waals surface area contributed by atoms with Crippen molar-refractivity contribution in [3.8, 4) is 0 Å². The summed E-state index contributed by atoms with van der Waals surface area (Å²) in [6, 6.07) is 0. The highest BCUT2D eigenvalue weighted by atomic mass is 16.7. The molecule has 1 rings (SSSR count). The number of hydrogen-bond acceptors (Lipinski definition) is 4. The molecule has 0 unspecified atom stereocenters. The molecule has 10 heavy (non-hydrogen) atoms. The van der Waals surface area contributed by atoms with Crippen LogP contribution < -0.4 is 5.73 Å². The van der Waals surface area contributed by atoms with Crippen LogP contribution in [0.4, 0.5) is 4.79 Å². The normalized spacial score (nSPS) is 15.0. The quantitative estimate of drug-likeness (QED) is 0.590. The Morgan fingerprint density at radius 2 is 2.70 bits per heavy atom. The van der Waals surface area contributed by atoms with Gasteiger partial charge in [0.1, 0.15) is 6.26 Å². The Kier molecular flexibility index (Phi) is 1.99. The Bertz CT molecular complexity index is 165. The molecule has 1 heterocycles. The van der Waals surface area contributed by atoms with Crippen LogP contribution in [0.1, 0.15) is 0 Å². The zero-order valence-electron chi connectivity index (χ0n) is 5.20. The maximum Gasteiger partial charge on any atom is 0.404 e. The molecule has 0 aromatic carbocycles. The van der Waals surface area contributed by atoms with Gasteiger partial charge in [-0.05, 0) is 0 Å². The molecule has 5 heteroatoms. The van der Waals surface area contributed by atoms with Crippen LogP contribution in [-0.4, -0.2) is 19.5 Å². The molecule has 0 spiro atoms. The van der Waals surface area contributed by atoms with Gasteiger partial charge < -0.3 is 19.9 Å². The number of amides is 1. The molecule has 0 fully saturated rings. The van der Waals surface area contributed by atoms with Crippen LogP contribution in [0.2, 0.25) is 0 Å². The first kappa shape index (κ1) is 6.73. The standard InChI is InChI=1S/C5H7NO4/c6-5(7)9-2-4-1-8-3-10-4/h1H,2-3H2,(H2,6,7). The number of primary amides is 1. The highest BCUT2D eigenvalue weighted by Gasteiger charge is 2.06. The summed E-state index contributed by atoms with van der Waals surface area (Å²) in [5.41, 5.74) is 4.69. The van der Waals surface area contributed by atoms with Gasteiger partial charge in [-0.25, -0.2) is 4.79 Å². The first-order chi connectivity index (χ1) is 4.79. The molecule has 0 radical (unpaired) electrons. The molecule has 0 saturated heterocycles. The van der Waals surface area contributed by atoms with Gasteiger partial charge in [-0.1, -0.05) is 0 Å². The Morgan fingerprint density at radius 1 is 1.90 bits per heavy atom. The van der Waals surface area contributed by atoms with Crippen LogP contribution in [0, 0.1) is 0 Å². The zero-order chi connectivity index (χ0) is 7.40. The molecule has 5 nitrogen and oxygen atoms in total. The topological polar surface area (TPSA) is 70.8 Å². The third-order valence-corrected chi connectivity index (χ3v) is 0.884. The fourth-order valence-corrected chi connectivity index (χ4v) is 0.489. The van der Waals surface area contributed by atoms with Gasteiger partial charge in [0.25, 0.3) is 0 Å². The van der Waals surface area contributed by atoms with E-state index in [1.807, 2.05) is 0 Å². The lowest BCUT2D eigenvalue weighted by Gasteiger charge is -1.99. The van der Waals surface area contributed by atoms with E-state index < -0.39 is 6.09 Å². The molecule has 0 aromatic heterocycles. The molecule has 0 saturated carbocycles. The summed E-state index contributed by atoms with van der Waals surface area (Å²) < 4.78 is 13.9. The highest BCUT2D eigenvalue weighted by molar-refractivity contribution is 5.64. The molecule has 2 N–H and O–H groups in total. The molecule has 1 aliphatic heterocycles. The minimum absolute atomic E-state index is 0.0370. The van der Waals surface area contributed by atoms with Crippen molar-refractivity contribution in [3.05, 3.63) is 12.0 Å². The molecule has 0 atom stereocenters. The van der Waals surface area contributed by atoms with Gasteiger partial charge in [0.05, 0.1) is 0 Å². The summed E-state index contributed by atoms with van der Waals surface area (Å²) in [5, 5.41) is 0. The predicted octanol–water partition coefficient (Wildman–Crippen LogP) is -0.0726. The summed E-state index contributed by atoms with van der Waals surface area (Å²) in [7, 11) is 0. The summed E-state index contributed by atoms with van der Waals surface area (Å²) in [5.74, 6) is 0.471. The van der Waals surface area contributed by atoms with Crippen LogP contribution in [0.5, 0.6) is 0 Å². The second-order valence-corrected chi connectivity index (χ2v) is 1.62. The van der Waals surface area contributed by atoms with Crippen molar-refractivity contribution in [1.82, 2.24) is 0 Å². The third kappa shape index (κ3) is 1.85. The maximum atomic E-state index is 10.0. The van der Waals surface area contributed by atoms with Gasteiger partial charge in [0.15, 0.2) is 12.4 Å². The second kappa shape index (κ2) is 2.95. The van der Waals surface area contributed by atoms with Gasteiger partial charge in [-0.2, -0.15) is 0 Å². The number of rotatable bonds is 2. The van der Waals surface area contributed by atoms with Gasteiger partial charge in [0.2, 0.25) is 6.79 Å². The first-order valence-electron chi connectivity index (χ1n) is 2.65. The summed E-state index contributed by atoms with van der Waals surface area (Å²) in [4.78, 5) is 10.0. The molecular formula is C5H7NO4. The Morgan fingerprint density at radius 3 is 3.20 bits per heavy atom. The van der Waals surface area contributed by atoms with Crippen LogP contribution >= 0.6 is 0 Å². The number of carbonyl (C=O) groups is 1.